The van der Waals surface area contributed by atoms with Gasteiger partial charge in [-0.15, -0.1) is 0 Å². The Hall–Kier alpha value is -6.84. The van der Waals surface area contributed by atoms with Crippen LogP contribution in [0.1, 0.15) is 9.60 Å². The van der Waals surface area contributed by atoms with Crippen molar-refractivity contribution in [1.82, 2.24) is 0 Å². The monoisotopic (exact) mass is 660 g/mol. The fourth-order valence-corrected chi connectivity index (χ4v) is 7.06. The van der Waals surface area contributed by atoms with Crippen molar-refractivity contribution < 1.29 is 18.4 Å². The third-order valence-corrected chi connectivity index (χ3v) is 9.43. The molecule has 8 aromatic carbocycles. The van der Waals surface area contributed by atoms with Crippen molar-refractivity contribution in [1.29, 1.82) is 0 Å². The minimum absolute atomic E-state index is 0.0620. The van der Waals surface area contributed by atoms with E-state index in [9.17, 15) is 0 Å². The second kappa shape index (κ2) is 11.9. The van der Waals surface area contributed by atoms with Gasteiger partial charge < -0.3 is 13.7 Å². The van der Waals surface area contributed by atoms with Crippen LogP contribution in [0.4, 0.5) is 17.1 Å². The van der Waals surface area contributed by atoms with E-state index < -0.39 is 12.1 Å². The van der Waals surface area contributed by atoms with E-state index in [1.54, 1.807) is 0 Å². The highest BCUT2D eigenvalue weighted by Gasteiger charge is 2.22. The Labute approximate surface area is 305 Å². The normalized spacial score (nSPS) is 13.5. The van der Waals surface area contributed by atoms with E-state index in [1.807, 2.05) is 78.9 Å². The fraction of sp³-hybridized carbons (Fsp3) is 0. The molecule has 0 spiro atoms. The average Bonchev–Trinajstić information content (AvgIpc) is 3.86. The van der Waals surface area contributed by atoms with Gasteiger partial charge in [-0.1, -0.05) is 139 Å². The molecule has 0 aliphatic rings. The molecule has 10 rings (SSSR count). The second-order valence-electron chi connectivity index (χ2n) is 12.4. The summed E-state index contributed by atoms with van der Waals surface area (Å²) in [6.45, 7) is 0. The Balaban J connectivity index is 1.20. The standard InChI is InChI=1S/C48H31NO2/c1-3-12-32(13-4-1)33-22-26-36(27-23-33)49(37-28-24-35(25-29-37)38-18-11-21-45-46(38)40-16-7-9-19-43(40)50-45)42-31-30-39(34-14-5-2-6-15-34)47-41-17-8-10-20-44(41)51-48(42)47/h1-31H/i7D,9D,11D,16D,18D,19D,21D. The lowest BCUT2D eigenvalue weighted by Crippen LogP contribution is -2.10. The maximum atomic E-state index is 9.06. The Bertz CT molecular complexity index is 3230. The molecule has 0 saturated carbocycles. The number of anilines is 3. The van der Waals surface area contributed by atoms with Crippen LogP contribution in [0, 0.1) is 0 Å². The van der Waals surface area contributed by atoms with Crippen LogP contribution in [0.2, 0.25) is 0 Å². The smallest absolute Gasteiger partial charge is 0.160 e. The zero-order valence-electron chi connectivity index (χ0n) is 34.1. The number of hydrogen-bond donors (Lipinski definition) is 0. The summed E-state index contributed by atoms with van der Waals surface area (Å²) in [6.07, 6.45) is 0. The number of para-hydroxylation sites is 2. The molecule has 0 N–H and O–H groups in total. The molecule has 2 aromatic heterocycles. The van der Waals surface area contributed by atoms with Gasteiger partial charge in [0.25, 0.3) is 0 Å². The highest BCUT2D eigenvalue weighted by atomic mass is 16.3. The highest BCUT2D eigenvalue weighted by Crippen LogP contribution is 2.46. The maximum Gasteiger partial charge on any atom is 0.160 e. The van der Waals surface area contributed by atoms with Crippen molar-refractivity contribution in [2.75, 3.05) is 4.90 Å². The van der Waals surface area contributed by atoms with Gasteiger partial charge in [0.05, 0.1) is 15.3 Å². The molecule has 0 amide bonds. The van der Waals surface area contributed by atoms with Crippen molar-refractivity contribution in [3.63, 3.8) is 0 Å². The van der Waals surface area contributed by atoms with Crippen LogP contribution in [-0.2, 0) is 0 Å². The first-order chi connectivity index (χ1) is 28.2. The van der Waals surface area contributed by atoms with Crippen LogP contribution >= 0.6 is 0 Å². The zero-order valence-corrected chi connectivity index (χ0v) is 27.1. The number of nitrogens with zero attached hydrogens (tertiary/aromatic N) is 1. The topological polar surface area (TPSA) is 29.5 Å². The Morgan fingerprint density at radius 3 is 1.76 bits per heavy atom. The van der Waals surface area contributed by atoms with Gasteiger partial charge in [-0.2, -0.15) is 0 Å². The molecule has 51 heavy (non-hydrogen) atoms. The number of hydrogen-bond acceptors (Lipinski definition) is 3. The molecule has 3 heteroatoms. The lowest BCUT2D eigenvalue weighted by Gasteiger charge is -2.26. The van der Waals surface area contributed by atoms with Crippen LogP contribution in [0.25, 0.3) is 77.3 Å². The molecular formula is C48H31NO2. The van der Waals surface area contributed by atoms with Crippen LogP contribution in [0.5, 0.6) is 0 Å². The SMILES string of the molecule is [2H]c1c([2H])c([2H])c2c(oc3c([2H])c([2H])c([2H])c(-c4ccc(N(c5ccc(-c6ccccc6)cc5)c5ccc(-c6ccccc6)c6c5oc5ccccc56)cc4)c32)c1[2H]. The van der Waals surface area contributed by atoms with Gasteiger partial charge in [-0.3, -0.25) is 0 Å². The largest absolute Gasteiger partial charge is 0.456 e. The Morgan fingerprint density at radius 1 is 0.392 bits per heavy atom. The third kappa shape index (κ3) is 4.90. The molecule has 240 valence electrons. The number of benzene rings is 8. The van der Waals surface area contributed by atoms with Gasteiger partial charge >= 0.3 is 0 Å². The van der Waals surface area contributed by atoms with Crippen LogP contribution in [-0.4, -0.2) is 0 Å². The predicted octanol–water partition coefficient (Wildman–Crippen LogP) is 14.0. The highest BCUT2D eigenvalue weighted by molar-refractivity contribution is 6.17. The summed E-state index contributed by atoms with van der Waals surface area (Å²) in [4.78, 5) is 2.13. The maximum absolute atomic E-state index is 9.06. The van der Waals surface area contributed by atoms with E-state index in [4.69, 9.17) is 18.4 Å². The summed E-state index contributed by atoms with van der Waals surface area (Å²) >= 11 is 0. The molecule has 3 nitrogen and oxygen atoms in total. The number of furan rings is 2. The summed E-state index contributed by atoms with van der Waals surface area (Å²) in [5, 5.41) is 2.26. The van der Waals surface area contributed by atoms with Crippen molar-refractivity contribution >= 4 is 60.9 Å². The van der Waals surface area contributed by atoms with Gasteiger partial charge in [-0.05, 0) is 81.9 Å². The van der Waals surface area contributed by atoms with E-state index in [1.165, 1.54) is 0 Å². The predicted molar refractivity (Wildman–Crippen MR) is 212 cm³/mol. The van der Waals surface area contributed by atoms with Gasteiger partial charge in [0.15, 0.2) is 5.58 Å². The molecule has 0 fully saturated rings. The minimum Gasteiger partial charge on any atom is -0.456 e. The zero-order chi connectivity index (χ0) is 39.8. The summed E-state index contributed by atoms with van der Waals surface area (Å²) in [5.74, 6) is 0. The van der Waals surface area contributed by atoms with E-state index >= 15 is 0 Å². The third-order valence-electron chi connectivity index (χ3n) is 9.43. The molecule has 0 atom stereocenters. The Morgan fingerprint density at radius 2 is 1.00 bits per heavy atom. The van der Waals surface area contributed by atoms with Crippen LogP contribution < -0.4 is 4.90 Å². The Kier molecular flexibility index (Phi) is 5.32. The van der Waals surface area contributed by atoms with Gasteiger partial charge in [0, 0.05) is 32.9 Å². The average molecular weight is 661 g/mol. The summed E-state index contributed by atoms with van der Waals surface area (Å²) in [6, 6.07) is 45.9. The summed E-state index contributed by atoms with van der Waals surface area (Å²) in [5.41, 5.74) is 8.78. The van der Waals surface area contributed by atoms with Gasteiger partial charge in [0.1, 0.15) is 16.7 Å². The molecule has 0 aliphatic heterocycles. The minimum atomic E-state index is -0.460. The van der Waals surface area contributed by atoms with Gasteiger partial charge in [0.2, 0.25) is 0 Å². The van der Waals surface area contributed by atoms with E-state index in [2.05, 4.69) is 71.6 Å². The van der Waals surface area contributed by atoms with Crippen molar-refractivity contribution in [2.24, 2.45) is 0 Å². The van der Waals surface area contributed by atoms with E-state index in [0.29, 0.717) is 11.1 Å². The summed E-state index contributed by atoms with van der Waals surface area (Å²) in [7, 11) is 0. The van der Waals surface area contributed by atoms with E-state index in [0.717, 1.165) is 55.7 Å². The molecule has 0 radical (unpaired) electrons. The molecular weight excluding hydrogens is 623 g/mol. The van der Waals surface area contributed by atoms with Crippen LogP contribution in [0.3, 0.4) is 0 Å². The molecule has 0 unspecified atom stereocenters. The van der Waals surface area contributed by atoms with Gasteiger partial charge in [-0.25, -0.2) is 0 Å². The lowest BCUT2D eigenvalue weighted by molar-refractivity contribution is 0.668. The van der Waals surface area contributed by atoms with Crippen molar-refractivity contribution in [2.45, 2.75) is 0 Å². The number of fused-ring (bicyclic) bond motifs is 6. The molecule has 0 aliphatic carbocycles. The second-order valence-corrected chi connectivity index (χ2v) is 12.4. The first kappa shape index (κ1) is 22.7. The first-order valence-electron chi connectivity index (χ1n) is 20.2. The summed E-state index contributed by atoms with van der Waals surface area (Å²) < 4.78 is 72.9. The molecule has 10 aromatic rings. The molecule has 2 heterocycles. The van der Waals surface area contributed by atoms with Crippen molar-refractivity contribution in [3.05, 3.63) is 188 Å². The van der Waals surface area contributed by atoms with E-state index in [-0.39, 0.29) is 57.7 Å². The lowest BCUT2D eigenvalue weighted by atomic mass is 9.97. The first-order valence-corrected chi connectivity index (χ1v) is 16.7. The fourth-order valence-electron chi connectivity index (χ4n) is 7.06. The van der Waals surface area contributed by atoms with Crippen molar-refractivity contribution in [3.8, 4) is 33.4 Å². The molecule has 0 bridgehead atoms. The number of rotatable bonds is 6. The van der Waals surface area contributed by atoms with Crippen LogP contribution in [0.15, 0.2) is 197 Å². The quantitative estimate of drug-likeness (QED) is 0.178. The molecule has 0 saturated heterocycles.